The summed E-state index contributed by atoms with van der Waals surface area (Å²) in [6, 6.07) is 7.64. The number of hydrogen-bond donors (Lipinski definition) is 2. The summed E-state index contributed by atoms with van der Waals surface area (Å²) >= 11 is 0. The van der Waals surface area contributed by atoms with Crippen molar-refractivity contribution in [2.75, 3.05) is 11.4 Å². The fourth-order valence-corrected chi connectivity index (χ4v) is 2.17. The zero-order valence-corrected chi connectivity index (χ0v) is 12.6. The van der Waals surface area contributed by atoms with Crippen LogP contribution < -0.4 is 10.6 Å². The molecule has 1 aliphatic rings. The van der Waals surface area contributed by atoms with E-state index < -0.39 is 12.1 Å². The molecule has 0 aromatic heterocycles. The molecule has 0 saturated carbocycles. The van der Waals surface area contributed by atoms with Crippen molar-refractivity contribution in [3.63, 3.8) is 0 Å². The number of rotatable bonds is 1. The first kappa shape index (κ1) is 19.0. The Bertz CT molecular complexity index is 561. The Balaban J connectivity index is 0.000000322. The third-order valence-corrected chi connectivity index (χ3v) is 3.38. The molecule has 8 heteroatoms. The number of alkyl halides is 3. The van der Waals surface area contributed by atoms with E-state index in [-0.39, 0.29) is 11.9 Å². The van der Waals surface area contributed by atoms with Crippen molar-refractivity contribution in [3.05, 3.63) is 29.8 Å². The maximum Gasteiger partial charge on any atom is 0.490 e. The third kappa shape index (κ3) is 5.55. The molecule has 0 bridgehead atoms. The number of hydrogen-bond acceptors (Lipinski definition) is 3. The van der Waals surface area contributed by atoms with E-state index in [9.17, 15) is 18.0 Å². The summed E-state index contributed by atoms with van der Waals surface area (Å²) < 4.78 is 31.7. The predicted octanol–water partition coefficient (Wildman–Crippen LogP) is 2.47. The van der Waals surface area contributed by atoms with E-state index >= 15 is 0 Å². The van der Waals surface area contributed by atoms with Crippen molar-refractivity contribution >= 4 is 17.6 Å². The van der Waals surface area contributed by atoms with Gasteiger partial charge in [-0.25, -0.2) is 4.79 Å². The Labute approximate surface area is 131 Å². The van der Waals surface area contributed by atoms with Crippen molar-refractivity contribution in [1.29, 1.82) is 0 Å². The monoisotopic (exact) mass is 332 g/mol. The van der Waals surface area contributed by atoms with E-state index in [1.807, 2.05) is 36.1 Å². The van der Waals surface area contributed by atoms with Crippen molar-refractivity contribution in [3.8, 4) is 0 Å². The molecule has 1 atom stereocenters. The molecule has 0 spiro atoms. The molecular weight excluding hydrogens is 313 g/mol. The molecule has 1 aliphatic heterocycles. The van der Waals surface area contributed by atoms with Gasteiger partial charge in [0, 0.05) is 12.2 Å². The van der Waals surface area contributed by atoms with Crippen LogP contribution in [0.3, 0.4) is 0 Å². The van der Waals surface area contributed by atoms with Gasteiger partial charge in [0.15, 0.2) is 0 Å². The van der Waals surface area contributed by atoms with Gasteiger partial charge in [0.2, 0.25) is 5.91 Å². The fraction of sp³-hybridized carbons (Fsp3) is 0.467. The van der Waals surface area contributed by atoms with Crippen LogP contribution in [-0.4, -0.2) is 35.7 Å². The van der Waals surface area contributed by atoms with Crippen molar-refractivity contribution in [2.24, 2.45) is 5.73 Å². The smallest absolute Gasteiger partial charge is 0.475 e. The third-order valence-electron chi connectivity index (χ3n) is 3.38. The first-order valence-corrected chi connectivity index (χ1v) is 7.07. The summed E-state index contributed by atoms with van der Waals surface area (Å²) in [6.45, 7) is 2.82. The van der Waals surface area contributed by atoms with E-state index in [4.69, 9.17) is 15.6 Å². The van der Waals surface area contributed by atoms with Crippen molar-refractivity contribution < 1.29 is 27.9 Å². The second kappa shape index (κ2) is 7.96. The molecule has 0 unspecified atom stereocenters. The highest BCUT2D eigenvalue weighted by molar-refractivity contribution is 5.97. The van der Waals surface area contributed by atoms with Crippen molar-refractivity contribution in [2.45, 2.75) is 38.4 Å². The largest absolute Gasteiger partial charge is 0.490 e. The predicted molar refractivity (Wildman–Crippen MR) is 79.0 cm³/mol. The topological polar surface area (TPSA) is 83.6 Å². The highest BCUT2D eigenvalue weighted by Gasteiger charge is 2.38. The lowest BCUT2D eigenvalue weighted by molar-refractivity contribution is -0.192. The molecule has 1 aromatic carbocycles. The van der Waals surface area contributed by atoms with Crippen LogP contribution in [-0.2, 0) is 9.59 Å². The Morgan fingerprint density at radius 3 is 2.39 bits per heavy atom. The molecule has 1 amide bonds. The molecular formula is C15H19F3N2O3. The number of carbonyl (C=O) groups is 2. The summed E-state index contributed by atoms with van der Waals surface area (Å²) in [7, 11) is 0. The summed E-state index contributed by atoms with van der Waals surface area (Å²) in [4.78, 5) is 22.8. The number of carboxylic acid groups (broad SMARTS) is 1. The van der Waals surface area contributed by atoms with Gasteiger partial charge < -0.3 is 15.7 Å². The molecule has 23 heavy (non-hydrogen) atoms. The van der Waals surface area contributed by atoms with Gasteiger partial charge in [-0.2, -0.15) is 13.2 Å². The van der Waals surface area contributed by atoms with Gasteiger partial charge in [-0.3, -0.25) is 4.79 Å². The number of para-hydroxylation sites is 1. The number of anilines is 1. The van der Waals surface area contributed by atoms with Gasteiger partial charge in [0.25, 0.3) is 0 Å². The number of aryl methyl sites for hydroxylation is 1. The summed E-state index contributed by atoms with van der Waals surface area (Å²) in [5, 5.41) is 7.12. The van der Waals surface area contributed by atoms with E-state index in [1.54, 1.807) is 0 Å². The quantitative estimate of drug-likeness (QED) is 0.827. The van der Waals surface area contributed by atoms with Gasteiger partial charge in [-0.05, 0) is 37.8 Å². The first-order chi connectivity index (χ1) is 10.6. The Morgan fingerprint density at radius 2 is 1.87 bits per heavy atom. The molecule has 5 nitrogen and oxygen atoms in total. The maximum atomic E-state index is 12.1. The molecule has 0 radical (unpaired) electrons. The van der Waals surface area contributed by atoms with Crippen molar-refractivity contribution in [1.82, 2.24) is 0 Å². The zero-order chi connectivity index (χ0) is 17.6. The van der Waals surface area contributed by atoms with Crippen LogP contribution in [0.5, 0.6) is 0 Å². The summed E-state index contributed by atoms with van der Waals surface area (Å²) in [6.07, 6.45) is -2.20. The molecule has 0 aliphatic carbocycles. The number of nitrogens with zero attached hydrogens (tertiary/aromatic N) is 1. The molecule has 1 saturated heterocycles. The van der Waals surface area contributed by atoms with Gasteiger partial charge in [-0.15, -0.1) is 0 Å². The number of benzene rings is 1. The standard InChI is InChI=1S/C13H18N2O.C2HF3O2/c1-10-6-2-3-8-12(10)15-9-5-4-7-11(14)13(15)16;3-2(4,5)1(6)7/h2-3,6,8,11H,4-5,7,9,14H2,1H3;(H,6,7)/t11-;/m0./s1. The van der Waals surface area contributed by atoms with E-state index in [0.29, 0.717) is 0 Å². The van der Waals surface area contributed by atoms with Crippen LogP contribution in [0.2, 0.25) is 0 Å². The second-order valence-electron chi connectivity index (χ2n) is 5.18. The van der Waals surface area contributed by atoms with Gasteiger partial charge in [0.05, 0.1) is 6.04 Å². The average Bonchev–Trinajstić information content (AvgIpc) is 2.62. The lowest BCUT2D eigenvalue weighted by atomic mass is 10.1. The van der Waals surface area contributed by atoms with E-state index in [0.717, 1.165) is 37.1 Å². The molecule has 1 fully saturated rings. The van der Waals surface area contributed by atoms with E-state index in [1.165, 1.54) is 0 Å². The Hall–Kier alpha value is -2.09. The Kier molecular flexibility index (Phi) is 6.56. The van der Waals surface area contributed by atoms with Gasteiger partial charge >= 0.3 is 12.1 Å². The van der Waals surface area contributed by atoms with Gasteiger partial charge in [0.1, 0.15) is 0 Å². The lowest BCUT2D eigenvalue weighted by Gasteiger charge is -2.24. The number of nitrogens with two attached hydrogens (primary N) is 1. The number of aliphatic carboxylic acids is 1. The number of halogens is 3. The van der Waals surface area contributed by atoms with E-state index in [2.05, 4.69) is 0 Å². The van der Waals surface area contributed by atoms with Crippen LogP contribution in [0, 0.1) is 6.92 Å². The minimum absolute atomic E-state index is 0.0619. The minimum atomic E-state index is -5.08. The van der Waals surface area contributed by atoms with Crippen LogP contribution in [0.4, 0.5) is 18.9 Å². The minimum Gasteiger partial charge on any atom is -0.475 e. The van der Waals surface area contributed by atoms with Crippen LogP contribution in [0.25, 0.3) is 0 Å². The van der Waals surface area contributed by atoms with Crippen LogP contribution in [0.15, 0.2) is 24.3 Å². The molecule has 1 aromatic rings. The zero-order valence-electron chi connectivity index (χ0n) is 12.6. The van der Waals surface area contributed by atoms with Gasteiger partial charge in [-0.1, -0.05) is 18.2 Å². The fourth-order valence-electron chi connectivity index (χ4n) is 2.17. The molecule has 3 N–H and O–H groups in total. The molecule has 2 rings (SSSR count). The lowest BCUT2D eigenvalue weighted by Crippen LogP contribution is -2.42. The second-order valence-corrected chi connectivity index (χ2v) is 5.18. The van der Waals surface area contributed by atoms with Crippen LogP contribution >= 0.6 is 0 Å². The highest BCUT2D eigenvalue weighted by atomic mass is 19.4. The molecule has 1 heterocycles. The normalized spacial score (nSPS) is 18.7. The number of amides is 1. The molecule has 128 valence electrons. The number of carboxylic acids is 1. The summed E-state index contributed by atoms with van der Waals surface area (Å²) in [5.41, 5.74) is 8.00. The SMILES string of the molecule is Cc1ccccc1N1CCCC[C@H](N)C1=O.O=C(O)C(F)(F)F. The maximum absolute atomic E-state index is 12.1. The van der Waals surface area contributed by atoms with Crippen LogP contribution in [0.1, 0.15) is 24.8 Å². The average molecular weight is 332 g/mol. The highest BCUT2D eigenvalue weighted by Crippen LogP contribution is 2.23. The summed E-state index contributed by atoms with van der Waals surface area (Å²) in [5.74, 6) is -2.70. The first-order valence-electron chi connectivity index (χ1n) is 7.07. The Morgan fingerprint density at radius 1 is 1.30 bits per heavy atom. The number of carbonyl (C=O) groups excluding carboxylic acids is 1.